The maximum Gasteiger partial charge on any atom is 0.318 e. The van der Waals surface area contributed by atoms with Crippen molar-refractivity contribution in [1.82, 2.24) is 15.1 Å². The molecule has 180 valence electrons. The minimum atomic E-state index is -0.194. The SMILES string of the molecule is CC[C@@H](C)CN(CC(=O)N1CCc2sccc2[C@@H]1COc1ccc(Cl)cc1)C(=O)NC(C)C. The number of nitrogens with one attached hydrogen (secondary N) is 1. The molecule has 0 bridgehead atoms. The van der Waals surface area contributed by atoms with Crippen LogP contribution in [0.15, 0.2) is 35.7 Å². The van der Waals surface area contributed by atoms with Crippen LogP contribution >= 0.6 is 22.9 Å². The number of fused-ring (bicyclic) bond motifs is 1. The second kappa shape index (κ2) is 11.7. The van der Waals surface area contributed by atoms with Crippen molar-refractivity contribution < 1.29 is 14.3 Å². The molecule has 2 heterocycles. The van der Waals surface area contributed by atoms with Crippen molar-refractivity contribution in [3.8, 4) is 5.75 Å². The third-order valence-corrected chi connectivity index (χ3v) is 7.14. The van der Waals surface area contributed by atoms with Crippen molar-refractivity contribution >= 4 is 34.9 Å². The number of urea groups is 1. The van der Waals surface area contributed by atoms with Crippen molar-refractivity contribution in [1.29, 1.82) is 0 Å². The van der Waals surface area contributed by atoms with Crippen molar-refractivity contribution in [3.05, 3.63) is 51.2 Å². The second-order valence-corrected chi connectivity index (χ2v) is 10.4. The summed E-state index contributed by atoms with van der Waals surface area (Å²) in [6.45, 7) is 9.61. The van der Waals surface area contributed by atoms with Crippen LogP contribution in [0.1, 0.15) is 50.6 Å². The number of halogens is 1. The van der Waals surface area contributed by atoms with E-state index in [0.717, 1.165) is 18.4 Å². The maximum absolute atomic E-state index is 13.5. The molecule has 0 saturated heterocycles. The first-order valence-corrected chi connectivity index (χ1v) is 12.8. The standard InChI is InChI=1S/C25H34ClN3O3S/c1-5-18(4)14-28(25(31)27-17(2)3)15-24(30)29-12-10-23-21(11-13-33-23)22(29)16-32-20-8-6-19(26)7-9-20/h6-9,11,13,17-18,22H,5,10,12,14-16H2,1-4H3,(H,27,31)/t18-,22+/m1/s1. The zero-order chi connectivity index (χ0) is 24.0. The number of hydrogen-bond acceptors (Lipinski definition) is 4. The maximum atomic E-state index is 13.5. The second-order valence-electron chi connectivity index (χ2n) is 8.92. The molecule has 0 spiro atoms. The lowest BCUT2D eigenvalue weighted by molar-refractivity contribution is -0.135. The summed E-state index contributed by atoms with van der Waals surface area (Å²) in [6.07, 6.45) is 1.76. The highest BCUT2D eigenvalue weighted by atomic mass is 35.5. The molecule has 8 heteroatoms. The molecule has 2 aromatic rings. The van der Waals surface area contributed by atoms with E-state index in [0.29, 0.717) is 36.4 Å². The lowest BCUT2D eigenvalue weighted by Gasteiger charge is -2.37. The zero-order valence-corrected chi connectivity index (χ0v) is 21.4. The third-order valence-electron chi connectivity index (χ3n) is 5.89. The van der Waals surface area contributed by atoms with E-state index in [1.54, 1.807) is 28.4 Å². The number of carbonyl (C=O) groups is 2. The van der Waals surface area contributed by atoms with E-state index in [4.69, 9.17) is 16.3 Å². The average molecular weight is 492 g/mol. The number of ether oxygens (including phenoxy) is 1. The van der Waals surface area contributed by atoms with Gasteiger partial charge in [0, 0.05) is 29.0 Å². The Morgan fingerprint density at radius 2 is 1.97 bits per heavy atom. The van der Waals surface area contributed by atoms with Crippen LogP contribution in [0, 0.1) is 5.92 Å². The van der Waals surface area contributed by atoms with Crippen molar-refractivity contribution in [2.75, 3.05) is 26.2 Å². The average Bonchev–Trinajstić information content (AvgIpc) is 3.26. The molecule has 1 aromatic heterocycles. The molecule has 33 heavy (non-hydrogen) atoms. The summed E-state index contributed by atoms with van der Waals surface area (Å²) in [7, 11) is 0. The molecule has 1 aliphatic heterocycles. The van der Waals surface area contributed by atoms with E-state index in [1.807, 2.05) is 30.9 Å². The lowest BCUT2D eigenvalue weighted by atomic mass is 10.00. The number of thiophene rings is 1. The number of carbonyl (C=O) groups excluding carboxylic acids is 2. The summed E-state index contributed by atoms with van der Waals surface area (Å²) in [5, 5.41) is 5.66. The molecule has 0 unspecified atom stereocenters. The fourth-order valence-electron chi connectivity index (χ4n) is 3.90. The highest BCUT2D eigenvalue weighted by Crippen LogP contribution is 2.34. The molecule has 1 aliphatic rings. The van der Waals surface area contributed by atoms with Gasteiger partial charge in [0.05, 0.1) is 6.04 Å². The van der Waals surface area contributed by atoms with Crippen molar-refractivity contribution in [2.24, 2.45) is 5.92 Å². The van der Waals surface area contributed by atoms with Crippen LogP contribution in [0.3, 0.4) is 0 Å². The quantitative estimate of drug-likeness (QED) is 0.512. The minimum Gasteiger partial charge on any atom is -0.491 e. The summed E-state index contributed by atoms with van der Waals surface area (Å²) in [5.41, 5.74) is 1.13. The van der Waals surface area contributed by atoms with Crippen LogP contribution in [0.25, 0.3) is 0 Å². The molecule has 0 saturated carbocycles. The van der Waals surface area contributed by atoms with Crippen LogP contribution in [-0.2, 0) is 11.2 Å². The summed E-state index contributed by atoms with van der Waals surface area (Å²) in [4.78, 5) is 31.1. The molecule has 1 N–H and O–H groups in total. The van der Waals surface area contributed by atoms with Gasteiger partial charge in [-0.05, 0) is 67.5 Å². The highest BCUT2D eigenvalue weighted by molar-refractivity contribution is 7.10. The Morgan fingerprint density at radius 3 is 2.64 bits per heavy atom. The van der Waals surface area contributed by atoms with Crippen molar-refractivity contribution in [2.45, 2.75) is 52.6 Å². The number of benzene rings is 1. The molecule has 3 rings (SSSR count). The largest absolute Gasteiger partial charge is 0.491 e. The molecular weight excluding hydrogens is 458 g/mol. The fourth-order valence-corrected chi connectivity index (χ4v) is 4.95. The van der Waals surface area contributed by atoms with Gasteiger partial charge in [0.25, 0.3) is 0 Å². The molecule has 6 nitrogen and oxygen atoms in total. The van der Waals surface area contributed by atoms with E-state index in [1.165, 1.54) is 4.88 Å². The Hall–Kier alpha value is -2.25. The number of rotatable bonds is 9. The molecule has 0 radical (unpaired) electrons. The highest BCUT2D eigenvalue weighted by Gasteiger charge is 2.33. The van der Waals surface area contributed by atoms with Gasteiger partial charge in [-0.1, -0.05) is 31.9 Å². The minimum absolute atomic E-state index is 0.0101. The van der Waals surface area contributed by atoms with Gasteiger partial charge in [0.1, 0.15) is 18.9 Å². The van der Waals surface area contributed by atoms with Gasteiger partial charge in [0.2, 0.25) is 5.91 Å². The van der Waals surface area contributed by atoms with Gasteiger partial charge >= 0.3 is 6.03 Å². The predicted octanol–water partition coefficient (Wildman–Crippen LogP) is 5.37. The molecule has 2 atom stereocenters. The van der Waals surface area contributed by atoms with Gasteiger partial charge in [-0.25, -0.2) is 4.79 Å². The summed E-state index contributed by atoms with van der Waals surface area (Å²) in [6, 6.07) is 8.94. The Morgan fingerprint density at radius 1 is 1.24 bits per heavy atom. The number of nitrogens with zero attached hydrogens (tertiary/aromatic N) is 2. The normalized spacial score (nSPS) is 16.3. The molecular formula is C25H34ClN3O3S. The van der Waals surface area contributed by atoms with E-state index >= 15 is 0 Å². The van der Waals surface area contributed by atoms with Gasteiger partial charge in [0.15, 0.2) is 0 Å². The summed E-state index contributed by atoms with van der Waals surface area (Å²) < 4.78 is 6.05. The fraction of sp³-hybridized carbons (Fsp3) is 0.520. The van der Waals surface area contributed by atoms with E-state index in [2.05, 4.69) is 30.6 Å². The van der Waals surface area contributed by atoms with E-state index < -0.39 is 0 Å². The first kappa shape index (κ1) is 25.4. The first-order valence-electron chi connectivity index (χ1n) is 11.6. The van der Waals surface area contributed by atoms with Gasteiger partial charge < -0.3 is 19.9 Å². The Balaban J connectivity index is 1.76. The van der Waals surface area contributed by atoms with Gasteiger partial charge in [-0.15, -0.1) is 11.3 Å². The van der Waals surface area contributed by atoms with E-state index in [9.17, 15) is 9.59 Å². The summed E-state index contributed by atoms with van der Waals surface area (Å²) >= 11 is 7.70. The van der Waals surface area contributed by atoms with Gasteiger partial charge in [-0.3, -0.25) is 4.79 Å². The zero-order valence-electron chi connectivity index (χ0n) is 19.8. The van der Waals surface area contributed by atoms with Gasteiger partial charge in [-0.2, -0.15) is 0 Å². The molecule has 0 aliphatic carbocycles. The van der Waals surface area contributed by atoms with Crippen LogP contribution < -0.4 is 10.1 Å². The molecule has 0 fully saturated rings. The van der Waals surface area contributed by atoms with Crippen LogP contribution in [0.2, 0.25) is 5.02 Å². The van der Waals surface area contributed by atoms with E-state index in [-0.39, 0.29) is 30.6 Å². The van der Waals surface area contributed by atoms with Crippen molar-refractivity contribution in [3.63, 3.8) is 0 Å². The molecule has 1 aromatic carbocycles. The predicted molar refractivity (Wildman–Crippen MR) is 134 cm³/mol. The Bertz CT molecular complexity index is 931. The Kier molecular flexibility index (Phi) is 9.03. The number of amides is 3. The van der Waals surface area contributed by atoms with Crippen LogP contribution in [0.4, 0.5) is 4.79 Å². The molecule has 3 amide bonds. The summed E-state index contributed by atoms with van der Waals surface area (Å²) in [5.74, 6) is 0.965. The topological polar surface area (TPSA) is 61.9 Å². The Labute approximate surface area is 205 Å². The lowest BCUT2D eigenvalue weighted by Crippen LogP contribution is -2.51. The smallest absolute Gasteiger partial charge is 0.318 e. The number of hydrogen-bond donors (Lipinski definition) is 1. The monoisotopic (exact) mass is 491 g/mol. The van der Waals surface area contributed by atoms with Crippen LogP contribution in [0.5, 0.6) is 5.75 Å². The third kappa shape index (κ3) is 6.87. The van der Waals surface area contributed by atoms with Crippen LogP contribution in [-0.4, -0.2) is 54.0 Å². The first-order chi connectivity index (χ1) is 15.8.